The first-order valence-corrected chi connectivity index (χ1v) is 3.98. The molecule has 0 saturated heterocycles. The Morgan fingerprint density at radius 2 is 2.07 bits per heavy atom. The average Bonchev–Trinajstić information content (AvgIpc) is 2.56. The smallest absolute Gasteiger partial charge is 0.194 e. The van der Waals surface area contributed by atoms with Gasteiger partial charge in [-0.1, -0.05) is 0 Å². The first kappa shape index (κ1) is 8.87. The summed E-state index contributed by atoms with van der Waals surface area (Å²) in [6.45, 7) is 1.30. The maximum atomic E-state index is 13.1. The molecular formula is C10H6F2O2. The van der Waals surface area contributed by atoms with E-state index in [1.54, 1.807) is 0 Å². The van der Waals surface area contributed by atoms with Gasteiger partial charge in [0.1, 0.15) is 5.58 Å². The highest BCUT2D eigenvalue weighted by atomic mass is 19.2. The van der Waals surface area contributed by atoms with Crippen molar-refractivity contribution in [1.29, 1.82) is 0 Å². The van der Waals surface area contributed by atoms with Crippen molar-refractivity contribution in [3.63, 3.8) is 0 Å². The van der Waals surface area contributed by atoms with Crippen molar-refractivity contribution in [3.8, 4) is 0 Å². The summed E-state index contributed by atoms with van der Waals surface area (Å²) in [5.41, 5.74) is 0.175. The first-order chi connectivity index (χ1) is 6.59. The molecule has 0 N–H and O–H groups in total. The van der Waals surface area contributed by atoms with Crippen LogP contribution in [-0.2, 0) is 0 Å². The van der Waals surface area contributed by atoms with Crippen molar-refractivity contribution in [2.24, 2.45) is 0 Å². The van der Waals surface area contributed by atoms with Crippen LogP contribution in [0.5, 0.6) is 0 Å². The van der Waals surface area contributed by atoms with Crippen molar-refractivity contribution < 1.29 is 18.0 Å². The number of Topliss-reactive ketones (excluding diaryl/α,β-unsaturated/α-hetero) is 1. The Kier molecular flexibility index (Phi) is 1.84. The number of rotatable bonds is 1. The molecule has 0 bridgehead atoms. The highest BCUT2D eigenvalue weighted by Crippen LogP contribution is 2.24. The molecule has 0 atom stereocenters. The molecular weight excluding hydrogens is 190 g/mol. The highest BCUT2D eigenvalue weighted by Gasteiger charge is 2.13. The molecule has 1 heterocycles. The Morgan fingerprint density at radius 1 is 1.36 bits per heavy atom. The summed E-state index contributed by atoms with van der Waals surface area (Å²) < 4.78 is 30.9. The maximum absolute atomic E-state index is 13.1. The van der Waals surface area contributed by atoms with Crippen molar-refractivity contribution in [3.05, 3.63) is 35.6 Å². The zero-order valence-electron chi connectivity index (χ0n) is 7.30. The van der Waals surface area contributed by atoms with E-state index in [4.69, 9.17) is 4.42 Å². The molecule has 0 aliphatic heterocycles. The molecule has 0 spiro atoms. The van der Waals surface area contributed by atoms with Crippen molar-refractivity contribution in [1.82, 2.24) is 0 Å². The second kappa shape index (κ2) is 2.90. The molecule has 4 heteroatoms. The quantitative estimate of drug-likeness (QED) is 0.656. The number of hydrogen-bond acceptors (Lipinski definition) is 2. The van der Waals surface area contributed by atoms with Crippen LogP contribution in [0.3, 0.4) is 0 Å². The van der Waals surface area contributed by atoms with Crippen LogP contribution >= 0.6 is 0 Å². The van der Waals surface area contributed by atoms with Gasteiger partial charge in [0.15, 0.2) is 23.2 Å². The molecule has 0 radical (unpaired) electrons. The fourth-order valence-corrected chi connectivity index (χ4v) is 1.22. The molecule has 0 amide bonds. The summed E-state index contributed by atoms with van der Waals surface area (Å²) in [5.74, 6) is -2.22. The van der Waals surface area contributed by atoms with Crippen LogP contribution in [-0.4, -0.2) is 5.78 Å². The molecule has 0 unspecified atom stereocenters. The Morgan fingerprint density at radius 3 is 2.71 bits per heavy atom. The summed E-state index contributed by atoms with van der Waals surface area (Å²) >= 11 is 0. The van der Waals surface area contributed by atoms with Gasteiger partial charge in [-0.3, -0.25) is 4.79 Å². The molecule has 0 aliphatic rings. The SMILES string of the molecule is CC(=O)c1cc2c(F)c(F)ccc2o1. The Bertz CT molecular complexity index is 514. The Hall–Kier alpha value is -1.71. The largest absolute Gasteiger partial charge is 0.453 e. The van der Waals surface area contributed by atoms with Gasteiger partial charge in [0.25, 0.3) is 0 Å². The van der Waals surface area contributed by atoms with Gasteiger partial charge in [-0.2, -0.15) is 0 Å². The lowest BCUT2D eigenvalue weighted by Crippen LogP contribution is -1.85. The fraction of sp³-hybridized carbons (Fsp3) is 0.100. The zero-order valence-corrected chi connectivity index (χ0v) is 7.30. The van der Waals surface area contributed by atoms with Gasteiger partial charge in [-0.05, 0) is 18.2 Å². The van der Waals surface area contributed by atoms with Crippen LogP contribution in [0.4, 0.5) is 8.78 Å². The van der Waals surface area contributed by atoms with Crippen LogP contribution in [0.25, 0.3) is 11.0 Å². The van der Waals surface area contributed by atoms with E-state index in [2.05, 4.69) is 0 Å². The van der Waals surface area contributed by atoms with Gasteiger partial charge >= 0.3 is 0 Å². The van der Waals surface area contributed by atoms with E-state index in [9.17, 15) is 13.6 Å². The number of fused-ring (bicyclic) bond motifs is 1. The predicted octanol–water partition coefficient (Wildman–Crippen LogP) is 2.91. The third kappa shape index (κ3) is 1.19. The Balaban J connectivity index is 2.77. The second-order valence-electron chi connectivity index (χ2n) is 2.94. The van der Waals surface area contributed by atoms with Crippen LogP contribution in [0.15, 0.2) is 22.6 Å². The van der Waals surface area contributed by atoms with E-state index >= 15 is 0 Å². The third-order valence-corrected chi connectivity index (χ3v) is 1.93. The molecule has 1 aromatic heterocycles. The minimum Gasteiger partial charge on any atom is -0.453 e. The number of hydrogen-bond donors (Lipinski definition) is 0. The normalized spacial score (nSPS) is 10.8. The number of halogens is 2. The fourth-order valence-electron chi connectivity index (χ4n) is 1.22. The molecule has 0 fully saturated rings. The second-order valence-corrected chi connectivity index (χ2v) is 2.94. The highest BCUT2D eigenvalue weighted by molar-refractivity contribution is 5.96. The summed E-state index contributed by atoms with van der Waals surface area (Å²) in [4.78, 5) is 10.9. The van der Waals surface area contributed by atoms with Crippen LogP contribution in [0, 0.1) is 11.6 Å². The van der Waals surface area contributed by atoms with Gasteiger partial charge in [-0.15, -0.1) is 0 Å². The van der Waals surface area contributed by atoms with Gasteiger partial charge in [0, 0.05) is 6.92 Å². The summed E-state index contributed by atoms with van der Waals surface area (Å²) in [6.07, 6.45) is 0. The van der Waals surface area contributed by atoms with Crippen molar-refractivity contribution in [2.75, 3.05) is 0 Å². The van der Waals surface area contributed by atoms with E-state index in [0.29, 0.717) is 0 Å². The van der Waals surface area contributed by atoms with E-state index in [1.165, 1.54) is 19.1 Å². The summed E-state index contributed by atoms with van der Waals surface area (Å²) in [5, 5.41) is -0.00444. The topological polar surface area (TPSA) is 30.2 Å². The lowest BCUT2D eigenvalue weighted by molar-refractivity contribution is 0.0989. The van der Waals surface area contributed by atoms with Crippen LogP contribution < -0.4 is 0 Å². The average molecular weight is 196 g/mol. The first-order valence-electron chi connectivity index (χ1n) is 3.98. The molecule has 2 nitrogen and oxygen atoms in total. The summed E-state index contributed by atoms with van der Waals surface area (Å²) in [7, 11) is 0. The van der Waals surface area contributed by atoms with Crippen molar-refractivity contribution >= 4 is 16.8 Å². The minimum atomic E-state index is -0.987. The molecule has 1 aromatic carbocycles. The maximum Gasteiger partial charge on any atom is 0.194 e. The van der Waals surface area contributed by atoms with Gasteiger partial charge < -0.3 is 4.42 Å². The molecule has 2 rings (SSSR count). The van der Waals surface area contributed by atoms with E-state index in [-0.39, 0.29) is 22.5 Å². The lowest BCUT2D eigenvalue weighted by atomic mass is 10.2. The standard InChI is InChI=1S/C10H6F2O2/c1-5(13)9-4-6-8(14-9)3-2-7(11)10(6)12/h2-4H,1H3. The number of benzene rings is 1. The van der Waals surface area contributed by atoms with Crippen molar-refractivity contribution in [2.45, 2.75) is 6.92 Å². The number of carbonyl (C=O) groups is 1. The molecule has 72 valence electrons. The lowest BCUT2D eigenvalue weighted by Gasteiger charge is -1.91. The molecule has 0 saturated carbocycles. The molecule has 2 aromatic rings. The van der Waals surface area contributed by atoms with Gasteiger partial charge in [0.05, 0.1) is 5.39 Å². The van der Waals surface area contributed by atoms with E-state index in [1.807, 2.05) is 0 Å². The monoisotopic (exact) mass is 196 g/mol. The number of furan rings is 1. The minimum absolute atomic E-state index is 0.00444. The Labute approximate surface area is 78.1 Å². The summed E-state index contributed by atoms with van der Waals surface area (Å²) in [6, 6.07) is 3.46. The van der Waals surface area contributed by atoms with Crippen LogP contribution in [0.2, 0.25) is 0 Å². The van der Waals surface area contributed by atoms with Gasteiger partial charge in [0.2, 0.25) is 0 Å². The third-order valence-electron chi connectivity index (χ3n) is 1.93. The molecule has 14 heavy (non-hydrogen) atoms. The van der Waals surface area contributed by atoms with E-state index in [0.717, 1.165) is 6.07 Å². The van der Waals surface area contributed by atoms with E-state index < -0.39 is 11.6 Å². The van der Waals surface area contributed by atoms with Crippen LogP contribution in [0.1, 0.15) is 17.5 Å². The predicted molar refractivity (Wildman–Crippen MR) is 46.1 cm³/mol. The molecule has 0 aliphatic carbocycles. The number of carbonyl (C=O) groups excluding carboxylic acids is 1. The number of ketones is 1. The zero-order chi connectivity index (χ0) is 10.3. The van der Waals surface area contributed by atoms with Gasteiger partial charge in [-0.25, -0.2) is 8.78 Å².